The number of benzene rings is 1. The van der Waals surface area contributed by atoms with E-state index in [1.165, 1.54) is 23.5 Å². The van der Waals surface area contributed by atoms with E-state index in [-0.39, 0.29) is 34.0 Å². The van der Waals surface area contributed by atoms with Crippen LogP contribution >= 0.6 is 11.3 Å². The fraction of sp³-hybridized carbons (Fsp3) is 0.536. The Balaban J connectivity index is 1.42. The Bertz CT molecular complexity index is 1410. The maximum Gasteiger partial charge on any atom is 0.245 e. The summed E-state index contributed by atoms with van der Waals surface area (Å²) in [5, 5.41) is 14.2. The topological polar surface area (TPSA) is 139 Å². The number of ether oxygens (including phenoxy) is 1. The highest BCUT2D eigenvalue weighted by Crippen LogP contribution is 2.37. The van der Waals surface area contributed by atoms with Crippen LogP contribution in [0.3, 0.4) is 0 Å². The minimum Gasteiger partial charge on any atom is -0.489 e. The standard InChI is InChI=1S/C28H40N6O4S2/c1-17(2)38-24-11-9-20(40(29,36)37)12-22(24)32-26-33-23(16-39-26)18-8-10-21(30-15-18)25(35)31-19-13-27(3,4)34(7)28(5,6)14-19/h8-9,11-12,15-17,19,21H,10,13-14H2,1-7H3,(H,31,35)(H,32,33)(H2,29,36,37). The van der Waals surface area contributed by atoms with Gasteiger partial charge in [0, 0.05) is 34.3 Å². The Morgan fingerprint density at radius 3 is 2.45 bits per heavy atom. The molecular weight excluding hydrogens is 548 g/mol. The Labute approximate surface area is 241 Å². The number of carbonyl (C=O) groups is 1. The molecule has 1 aromatic heterocycles. The number of nitrogens with one attached hydrogen (secondary N) is 2. The van der Waals surface area contributed by atoms with E-state index in [1.807, 2.05) is 25.3 Å². The first-order valence-electron chi connectivity index (χ1n) is 13.4. The third kappa shape index (κ3) is 6.91. The van der Waals surface area contributed by atoms with Gasteiger partial charge in [-0.2, -0.15) is 0 Å². The van der Waals surface area contributed by atoms with E-state index in [2.05, 4.69) is 60.3 Å². The number of aromatic nitrogens is 1. The largest absolute Gasteiger partial charge is 0.489 e. The van der Waals surface area contributed by atoms with Gasteiger partial charge in [-0.05, 0) is 86.1 Å². The monoisotopic (exact) mass is 588 g/mol. The highest BCUT2D eigenvalue weighted by atomic mass is 32.2. The van der Waals surface area contributed by atoms with Crippen molar-refractivity contribution in [2.75, 3.05) is 12.4 Å². The fourth-order valence-electron chi connectivity index (χ4n) is 5.36. The summed E-state index contributed by atoms with van der Waals surface area (Å²) < 4.78 is 29.6. The predicted molar refractivity (Wildman–Crippen MR) is 161 cm³/mol. The third-order valence-corrected chi connectivity index (χ3v) is 9.26. The van der Waals surface area contributed by atoms with Crippen LogP contribution in [0.1, 0.15) is 66.5 Å². The number of sulfonamides is 1. The van der Waals surface area contributed by atoms with E-state index < -0.39 is 16.1 Å². The first kappa shape index (κ1) is 30.2. The second-order valence-corrected chi connectivity index (χ2v) is 14.4. The number of hydrogen-bond acceptors (Lipinski definition) is 9. The lowest BCUT2D eigenvalue weighted by Crippen LogP contribution is -2.63. The zero-order valence-electron chi connectivity index (χ0n) is 24.2. The van der Waals surface area contributed by atoms with E-state index in [0.717, 1.165) is 18.4 Å². The van der Waals surface area contributed by atoms with Crippen molar-refractivity contribution in [3.05, 3.63) is 35.3 Å². The summed E-state index contributed by atoms with van der Waals surface area (Å²) in [4.78, 5) is 24.6. The number of nitrogens with two attached hydrogens (primary N) is 1. The van der Waals surface area contributed by atoms with Gasteiger partial charge in [-0.1, -0.05) is 6.08 Å². The molecule has 0 saturated carbocycles. The summed E-state index contributed by atoms with van der Waals surface area (Å²) >= 11 is 1.36. The molecule has 1 aromatic carbocycles. The molecule has 40 heavy (non-hydrogen) atoms. The number of rotatable bonds is 8. The molecule has 12 heteroatoms. The molecule has 218 valence electrons. The molecule has 2 aromatic rings. The van der Waals surface area contributed by atoms with Crippen LogP contribution in [0.4, 0.5) is 10.8 Å². The predicted octanol–water partition coefficient (Wildman–Crippen LogP) is 4.32. The molecule has 0 bridgehead atoms. The van der Waals surface area contributed by atoms with Gasteiger partial charge in [0.1, 0.15) is 11.8 Å². The van der Waals surface area contributed by atoms with Gasteiger partial charge in [0.25, 0.3) is 0 Å². The maximum absolute atomic E-state index is 13.1. The van der Waals surface area contributed by atoms with Crippen molar-refractivity contribution in [1.29, 1.82) is 0 Å². The zero-order chi connectivity index (χ0) is 29.5. The second kappa shape index (κ2) is 11.2. The van der Waals surface area contributed by atoms with Crippen molar-refractivity contribution in [1.82, 2.24) is 15.2 Å². The third-order valence-electron chi connectivity index (χ3n) is 7.60. The van der Waals surface area contributed by atoms with E-state index in [1.54, 1.807) is 12.3 Å². The van der Waals surface area contributed by atoms with Crippen LogP contribution in [0.5, 0.6) is 5.75 Å². The van der Waals surface area contributed by atoms with Crippen LogP contribution in [0.2, 0.25) is 0 Å². The first-order valence-corrected chi connectivity index (χ1v) is 15.8. The Morgan fingerprint density at radius 2 is 1.88 bits per heavy atom. The quantitative estimate of drug-likeness (QED) is 0.417. The molecule has 1 amide bonds. The number of anilines is 2. The van der Waals surface area contributed by atoms with Crippen LogP contribution in [0.15, 0.2) is 39.5 Å². The normalized spacial score (nSPS) is 21.2. The van der Waals surface area contributed by atoms with Crippen molar-refractivity contribution in [2.45, 2.75) is 95.0 Å². The van der Waals surface area contributed by atoms with Crippen LogP contribution in [0.25, 0.3) is 5.57 Å². The maximum atomic E-state index is 13.1. The number of nitrogens with zero attached hydrogens (tertiary/aromatic N) is 3. The molecule has 4 rings (SSSR count). The van der Waals surface area contributed by atoms with Crippen LogP contribution in [-0.2, 0) is 14.8 Å². The molecule has 0 radical (unpaired) electrons. The number of carbonyl (C=O) groups excluding carboxylic acids is 1. The summed E-state index contributed by atoms with van der Waals surface area (Å²) in [6.07, 6.45) is 5.82. The molecule has 3 heterocycles. The molecule has 0 aliphatic carbocycles. The number of piperidine rings is 1. The summed E-state index contributed by atoms with van der Waals surface area (Å²) in [5.41, 5.74) is 1.96. The summed E-state index contributed by atoms with van der Waals surface area (Å²) in [6, 6.07) is 4.05. The molecule has 4 N–H and O–H groups in total. The van der Waals surface area contributed by atoms with Gasteiger partial charge in [-0.15, -0.1) is 11.3 Å². The van der Waals surface area contributed by atoms with Gasteiger partial charge in [0.15, 0.2) is 5.13 Å². The minimum atomic E-state index is -3.88. The smallest absolute Gasteiger partial charge is 0.245 e. The number of allylic oxidation sites excluding steroid dienone is 1. The molecule has 1 fully saturated rings. The lowest BCUT2D eigenvalue weighted by atomic mass is 9.77. The molecule has 1 unspecified atom stereocenters. The van der Waals surface area contributed by atoms with Crippen molar-refractivity contribution in [3.63, 3.8) is 0 Å². The van der Waals surface area contributed by atoms with Crippen molar-refractivity contribution < 1.29 is 17.9 Å². The van der Waals surface area contributed by atoms with E-state index in [4.69, 9.17) is 9.88 Å². The SMILES string of the molecule is CC(C)Oc1ccc(S(N)(=O)=O)cc1Nc1nc(C2=CCC(C(=O)NC3CC(C)(C)N(C)C(C)(C)C3)N=C2)cs1. The van der Waals surface area contributed by atoms with Gasteiger partial charge in [0.05, 0.1) is 22.4 Å². The molecule has 10 nitrogen and oxygen atoms in total. The number of thiazole rings is 1. The van der Waals surface area contributed by atoms with E-state index in [0.29, 0.717) is 28.7 Å². The lowest BCUT2D eigenvalue weighted by molar-refractivity contribution is -0.124. The van der Waals surface area contributed by atoms with Crippen molar-refractivity contribution in [2.24, 2.45) is 10.1 Å². The Hall–Kier alpha value is -2.80. The molecule has 2 aliphatic rings. The number of aliphatic imine (C=N–C) groups is 1. The zero-order valence-corrected chi connectivity index (χ0v) is 25.8. The summed E-state index contributed by atoms with van der Waals surface area (Å²) in [7, 11) is -1.74. The number of hydrogen-bond donors (Lipinski definition) is 3. The first-order chi connectivity index (χ1) is 18.5. The van der Waals surface area contributed by atoms with Crippen molar-refractivity contribution >= 4 is 49.9 Å². The number of primary sulfonamides is 1. The van der Waals surface area contributed by atoms with Gasteiger partial charge in [0.2, 0.25) is 15.9 Å². The highest BCUT2D eigenvalue weighted by Gasteiger charge is 2.43. The van der Waals surface area contributed by atoms with Gasteiger partial charge < -0.3 is 15.4 Å². The average Bonchev–Trinajstić information content (AvgIpc) is 3.31. The molecule has 2 aliphatic heterocycles. The number of likely N-dealkylation sites (tertiary alicyclic amines) is 1. The number of amides is 1. The number of dihydropyridines is 1. The van der Waals surface area contributed by atoms with E-state index >= 15 is 0 Å². The fourth-order valence-corrected chi connectivity index (χ4v) is 6.63. The molecule has 1 saturated heterocycles. The van der Waals surface area contributed by atoms with Gasteiger partial charge in [-0.3, -0.25) is 14.7 Å². The second-order valence-electron chi connectivity index (χ2n) is 12.0. The molecule has 0 spiro atoms. The molecule has 1 atom stereocenters. The van der Waals surface area contributed by atoms with Crippen LogP contribution in [0, 0.1) is 0 Å². The van der Waals surface area contributed by atoms with Crippen LogP contribution < -0.4 is 20.5 Å². The summed E-state index contributed by atoms with van der Waals surface area (Å²) in [5.74, 6) is 0.434. The van der Waals surface area contributed by atoms with Gasteiger partial charge >= 0.3 is 0 Å². The van der Waals surface area contributed by atoms with Crippen molar-refractivity contribution in [3.8, 4) is 5.75 Å². The highest BCUT2D eigenvalue weighted by molar-refractivity contribution is 7.89. The van der Waals surface area contributed by atoms with Crippen LogP contribution in [-0.4, -0.2) is 66.7 Å². The summed E-state index contributed by atoms with van der Waals surface area (Å²) in [6.45, 7) is 12.6. The van der Waals surface area contributed by atoms with Gasteiger partial charge in [-0.25, -0.2) is 18.5 Å². The average molecular weight is 589 g/mol. The lowest BCUT2D eigenvalue weighted by Gasteiger charge is -2.53. The molecular formula is C28H40N6O4S2. The minimum absolute atomic E-state index is 0.0134. The Kier molecular flexibility index (Phi) is 8.47. The van der Waals surface area contributed by atoms with E-state index in [9.17, 15) is 13.2 Å². The Morgan fingerprint density at radius 1 is 1.20 bits per heavy atom.